The molecule has 0 aliphatic heterocycles. The van der Waals surface area contributed by atoms with E-state index in [2.05, 4.69) is 26.4 Å². The lowest BCUT2D eigenvalue weighted by molar-refractivity contribution is -0.0843. The first-order valence-electron chi connectivity index (χ1n) is 11.9. The van der Waals surface area contributed by atoms with E-state index in [1.807, 2.05) is 0 Å². The topological polar surface area (TPSA) is 27.7 Å². The van der Waals surface area contributed by atoms with Crippen LogP contribution in [0.3, 0.4) is 0 Å². The Bertz CT molecular complexity index is 316. The Labute approximate surface area is 180 Å². The van der Waals surface area contributed by atoms with E-state index >= 15 is 0 Å². The van der Waals surface area contributed by atoms with Crippen molar-refractivity contribution in [1.29, 1.82) is 0 Å². The predicted octanol–water partition coefficient (Wildman–Crippen LogP) is 7.73. The van der Waals surface area contributed by atoms with Crippen LogP contribution in [0.4, 0.5) is 0 Å². The zero-order valence-corrected chi connectivity index (χ0v) is 20.3. The van der Waals surface area contributed by atoms with E-state index in [1.54, 1.807) is 0 Å². The molecule has 0 fully saturated rings. The van der Waals surface area contributed by atoms with Gasteiger partial charge in [-0.05, 0) is 19.3 Å². The zero-order valence-electron chi connectivity index (χ0n) is 19.5. The molecule has 0 amide bonds. The third-order valence-electron chi connectivity index (χ3n) is 4.90. The molecule has 1 unspecified atom stereocenters. The lowest BCUT2D eigenvalue weighted by Gasteiger charge is -2.38. The van der Waals surface area contributed by atoms with E-state index in [4.69, 9.17) is 20.9 Å². The molecule has 0 aliphatic carbocycles. The van der Waals surface area contributed by atoms with E-state index in [0.717, 1.165) is 45.2 Å². The molecule has 0 rings (SSSR count). The molecule has 0 saturated heterocycles. The normalized spacial score (nSPS) is 13.7. The quantitative estimate of drug-likeness (QED) is 0.103. The first kappa shape index (κ1) is 28.3. The summed E-state index contributed by atoms with van der Waals surface area (Å²) in [5.41, 5.74) is 0. The lowest BCUT2D eigenvalue weighted by atomic mass is 9.99. The second kappa shape index (κ2) is 20.6. The highest BCUT2D eigenvalue weighted by atomic mass is 32.3. The molecule has 0 saturated carbocycles. The minimum absolute atomic E-state index is 0.116. The van der Waals surface area contributed by atoms with Gasteiger partial charge in [0.25, 0.3) is 0 Å². The van der Waals surface area contributed by atoms with Crippen molar-refractivity contribution >= 4 is 18.4 Å². The van der Waals surface area contributed by atoms with Gasteiger partial charge in [-0.2, -0.15) is 10.6 Å². The van der Waals surface area contributed by atoms with Gasteiger partial charge in [0.1, 0.15) is 0 Å². The third-order valence-corrected chi connectivity index (χ3v) is 6.31. The molecule has 0 aromatic rings. The van der Waals surface area contributed by atoms with E-state index in [0.29, 0.717) is 0 Å². The average molecular weight is 417 g/mol. The number of ether oxygens (including phenoxy) is 1. The molecule has 3 nitrogen and oxygen atoms in total. The Balaban J connectivity index is 4.17. The molecule has 28 heavy (non-hydrogen) atoms. The second-order valence-corrected chi connectivity index (χ2v) is 10.9. The summed E-state index contributed by atoms with van der Waals surface area (Å²) in [5.74, 6) is 0. The molecule has 5 heteroatoms. The Hall–Kier alpha value is 0.295. The summed E-state index contributed by atoms with van der Waals surface area (Å²) in [5, 5.41) is 0. The van der Waals surface area contributed by atoms with Gasteiger partial charge in [-0.15, -0.1) is 0 Å². The van der Waals surface area contributed by atoms with E-state index in [9.17, 15) is 0 Å². The number of rotatable bonds is 22. The SMILES string of the molecule is [B]CCCCCCOS(C)(C)OC(CCCCCCC)OCCCCCCC. The first-order valence-corrected chi connectivity index (χ1v) is 14.2. The van der Waals surface area contributed by atoms with Gasteiger partial charge in [0.15, 0.2) is 6.29 Å². The molecule has 0 aromatic carbocycles. The molecule has 0 bridgehead atoms. The molecule has 1 atom stereocenters. The summed E-state index contributed by atoms with van der Waals surface area (Å²) in [6, 6.07) is 0. The Morgan fingerprint density at radius 1 is 0.679 bits per heavy atom. The van der Waals surface area contributed by atoms with Crippen LogP contribution in [-0.2, 0) is 13.1 Å². The molecule has 0 aromatic heterocycles. The lowest BCUT2D eigenvalue weighted by Crippen LogP contribution is -2.21. The predicted molar refractivity (Wildman–Crippen MR) is 127 cm³/mol. The maximum absolute atomic E-state index is 6.32. The molecular formula is C23H49BO3S. The highest BCUT2D eigenvalue weighted by molar-refractivity contribution is 8.24. The van der Waals surface area contributed by atoms with Crippen molar-refractivity contribution in [3.8, 4) is 0 Å². The standard InChI is InChI=1S/C23H49BO3S/c1-5-7-9-11-15-19-23(25-21-17-13-10-8-6-2)27-28(3,4)26-22-18-14-12-16-20-24/h23H,5-22H2,1-4H3. The molecule has 168 valence electrons. The molecular weight excluding hydrogens is 367 g/mol. The molecule has 0 N–H and O–H groups in total. The zero-order chi connectivity index (χ0) is 20.9. The minimum atomic E-state index is -1.52. The van der Waals surface area contributed by atoms with Crippen LogP contribution in [-0.4, -0.2) is 39.9 Å². The van der Waals surface area contributed by atoms with Gasteiger partial charge in [-0.3, -0.25) is 8.37 Å². The van der Waals surface area contributed by atoms with Crippen molar-refractivity contribution in [1.82, 2.24) is 0 Å². The highest BCUT2D eigenvalue weighted by Crippen LogP contribution is 2.44. The fraction of sp³-hybridized carbons (Fsp3) is 1.00. The van der Waals surface area contributed by atoms with Crippen LogP contribution < -0.4 is 0 Å². The van der Waals surface area contributed by atoms with E-state index in [-0.39, 0.29) is 6.29 Å². The monoisotopic (exact) mass is 416 g/mol. The van der Waals surface area contributed by atoms with Crippen LogP contribution in [0.25, 0.3) is 0 Å². The maximum atomic E-state index is 6.32. The first-order chi connectivity index (χ1) is 13.6. The van der Waals surface area contributed by atoms with Crippen LogP contribution >= 0.6 is 10.6 Å². The van der Waals surface area contributed by atoms with Crippen molar-refractivity contribution in [2.24, 2.45) is 0 Å². The summed E-state index contributed by atoms with van der Waals surface area (Å²) in [4.78, 5) is 0. The van der Waals surface area contributed by atoms with Crippen molar-refractivity contribution < 1.29 is 13.1 Å². The van der Waals surface area contributed by atoms with Crippen LogP contribution in [0.5, 0.6) is 0 Å². The highest BCUT2D eigenvalue weighted by Gasteiger charge is 2.18. The molecule has 2 radical (unpaired) electrons. The van der Waals surface area contributed by atoms with Gasteiger partial charge in [0.05, 0.1) is 14.5 Å². The van der Waals surface area contributed by atoms with Crippen molar-refractivity contribution in [3.05, 3.63) is 0 Å². The van der Waals surface area contributed by atoms with Crippen LogP contribution in [0.1, 0.15) is 110 Å². The summed E-state index contributed by atoms with van der Waals surface area (Å²) >= 11 is 0. The number of unbranched alkanes of at least 4 members (excludes halogenated alkanes) is 11. The van der Waals surface area contributed by atoms with Gasteiger partial charge in [-0.25, -0.2) is 0 Å². The third kappa shape index (κ3) is 19.6. The fourth-order valence-corrected chi connectivity index (χ4v) is 4.38. The van der Waals surface area contributed by atoms with Crippen molar-refractivity contribution in [2.75, 3.05) is 25.7 Å². The van der Waals surface area contributed by atoms with Crippen LogP contribution in [0, 0.1) is 0 Å². The minimum Gasteiger partial charge on any atom is -0.351 e. The summed E-state index contributed by atoms with van der Waals surface area (Å²) in [6.45, 7) is 6.08. The van der Waals surface area contributed by atoms with E-state index < -0.39 is 10.6 Å². The number of hydrogen-bond acceptors (Lipinski definition) is 3. The summed E-state index contributed by atoms with van der Waals surface area (Å²) < 4.78 is 18.5. The van der Waals surface area contributed by atoms with E-state index in [1.165, 1.54) is 70.6 Å². The van der Waals surface area contributed by atoms with Crippen LogP contribution in [0.2, 0.25) is 6.32 Å². The fourth-order valence-electron chi connectivity index (χ4n) is 3.14. The molecule has 0 spiro atoms. The van der Waals surface area contributed by atoms with Gasteiger partial charge in [0, 0.05) is 25.5 Å². The second-order valence-electron chi connectivity index (χ2n) is 8.18. The van der Waals surface area contributed by atoms with Gasteiger partial charge in [0.2, 0.25) is 0 Å². The Kier molecular flexibility index (Phi) is 20.8. The average Bonchev–Trinajstić information content (AvgIpc) is 2.66. The number of hydrogen-bond donors (Lipinski definition) is 0. The smallest absolute Gasteiger partial charge is 0.180 e. The maximum Gasteiger partial charge on any atom is 0.180 e. The van der Waals surface area contributed by atoms with Crippen molar-refractivity contribution in [3.63, 3.8) is 0 Å². The summed E-state index contributed by atoms with van der Waals surface area (Å²) in [6.07, 6.45) is 23.1. The summed E-state index contributed by atoms with van der Waals surface area (Å²) in [7, 11) is 4.02. The van der Waals surface area contributed by atoms with Gasteiger partial charge < -0.3 is 4.74 Å². The van der Waals surface area contributed by atoms with Gasteiger partial charge >= 0.3 is 0 Å². The largest absolute Gasteiger partial charge is 0.351 e. The van der Waals surface area contributed by atoms with Crippen LogP contribution in [0.15, 0.2) is 0 Å². The Morgan fingerprint density at radius 2 is 1.21 bits per heavy atom. The Morgan fingerprint density at radius 3 is 1.82 bits per heavy atom. The molecule has 0 aliphatic rings. The van der Waals surface area contributed by atoms with Gasteiger partial charge in [-0.1, -0.05) is 90.8 Å². The molecule has 0 heterocycles. The van der Waals surface area contributed by atoms with Crippen molar-refractivity contribution in [2.45, 2.75) is 123 Å².